The van der Waals surface area contributed by atoms with Gasteiger partial charge in [-0.2, -0.15) is 0 Å². The van der Waals surface area contributed by atoms with Crippen LogP contribution in [0.3, 0.4) is 0 Å². The third-order valence-corrected chi connectivity index (χ3v) is 3.84. The van der Waals surface area contributed by atoms with E-state index < -0.39 is 11.9 Å². The van der Waals surface area contributed by atoms with Gasteiger partial charge in [0.15, 0.2) is 0 Å². The fourth-order valence-electron chi connectivity index (χ4n) is 2.79. The van der Waals surface area contributed by atoms with Gasteiger partial charge in [-0.25, -0.2) is 0 Å². The van der Waals surface area contributed by atoms with Crippen molar-refractivity contribution in [1.82, 2.24) is 5.32 Å². The maximum atomic E-state index is 12.0. The number of carboxylic acid groups (broad SMARTS) is 1. The van der Waals surface area contributed by atoms with Gasteiger partial charge >= 0.3 is 5.97 Å². The molecule has 0 saturated heterocycles. The van der Waals surface area contributed by atoms with E-state index >= 15 is 0 Å². The molecular weight excluding hydrogens is 246 g/mol. The summed E-state index contributed by atoms with van der Waals surface area (Å²) in [6, 6.07) is 0. The van der Waals surface area contributed by atoms with Crippen molar-refractivity contribution >= 4 is 11.9 Å². The Kier molecular flexibility index (Phi) is 6.84. The topological polar surface area (TPSA) is 86.6 Å². The number of amides is 1. The van der Waals surface area contributed by atoms with Crippen molar-refractivity contribution in [2.24, 2.45) is 17.8 Å². The molecule has 1 unspecified atom stereocenters. The Morgan fingerprint density at radius 3 is 2.37 bits per heavy atom. The first-order chi connectivity index (χ1) is 9.06. The zero-order valence-electron chi connectivity index (χ0n) is 11.6. The fraction of sp³-hybridized carbons (Fsp3) is 0.857. The Bertz CT molecular complexity index is 306. The van der Waals surface area contributed by atoms with Gasteiger partial charge in [0, 0.05) is 13.2 Å². The monoisotopic (exact) mass is 271 g/mol. The lowest BCUT2D eigenvalue weighted by Gasteiger charge is -2.15. The van der Waals surface area contributed by atoms with Crippen LogP contribution < -0.4 is 5.32 Å². The summed E-state index contributed by atoms with van der Waals surface area (Å²) in [5, 5.41) is 20.6. The van der Waals surface area contributed by atoms with Gasteiger partial charge in [0.2, 0.25) is 5.91 Å². The molecule has 3 N–H and O–H groups in total. The number of carboxylic acids is 1. The maximum absolute atomic E-state index is 12.0. The van der Waals surface area contributed by atoms with Crippen LogP contribution in [0.1, 0.15) is 45.4 Å². The smallest absolute Gasteiger partial charge is 0.307 e. The van der Waals surface area contributed by atoms with E-state index in [4.69, 9.17) is 10.2 Å². The molecule has 0 bridgehead atoms. The number of aliphatic hydroxyl groups is 1. The number of aliphatic hydroxyl groups excluding tert-OH is 1. The van der Waals surface area contributed by atoms with Gasteiger partial charge in [-0.1, -0.05) is 19.8 Å². The molecule has 0 heterocycles. The van der Waals surface area contributed by atoms with Crippen LogP contribution in [0.4, 0.5) is 0 Å². The van der Waals surface area contributed by atoms with Crippen molar-refractivity contribution in [2.45, 2.75) is 45.4 Å². The second-order valence-electron chi connectivity index (χ2n) is 5.56. The predicted molar refractivity (Wildman–Crippen MR) is 71.6 cm³/mol. The molecule has 5 heteroatoms. The summed E-state index contributed by atoms with van der Waals surface area (Å²) < 4.78 is 0. The number of hydrogen-bond acceptors (Lipinski definition) is 3. The van der Waals surface area contributed by atoms with Gasteiger partial charge in [0.05, 0.1) is 11.8 Å². The first kappa shape index (κ1) is 16.0. The van der Waals surface area contributed by atoms with Crippen LogP contribution in [0.15, 0.2) is 0 Å². The molecule has 1 saturated carbocycles. The second-order valence-corrected chi connectivity index (χ2v) is 5.56. The number of rotatable bonds is 8. The maximum Gasteiger partial charge on any atom is 0.307 e. The summed E-state index contributed by atoms with van der Waals surface area (Å²) in [6.45, 7) is 2.81. The minimum atomic E-state index is -0.854. The van der Waals surface area contributed by atoms with E-state index in [0.29, 0.717) is 25.3 Å². The van der Waals surface area contributed by atoms with E-state index in [1.165, 1.54) is 0 Å². The Morgan fingerprint density at radius 1 is 1.11 bits per heavy atom. The van der Waals surface area contributed by atoms with Crippen LogP contribution in [-0.4, -0.2) is 35.2 Å². The summed E-state index contributed by atoms with van der Waals surface area (Å²) in [7, 11) is 0. The molecule has 0 aliphatic heterocycles. The lowest BCUT2D eigenvalue weighted by Crippen LogP contribution is -2.35. The number of nitrogens with one attached hydrogen (secondary N) is 1. The third-order valence-electron chi connectivity index (χ3n) is 3.84. The Balaban J connectivity index is 2.26. The van der Waals surface area contributed by atoms with Crippen LogP contribution in [0.2, 0.25) is 0 Å². The van der Waals surface area contributed by atoms with Crippen molar-refractivity contribution in [2.75, 3.05) is 13.2 Å². The normalized spacial score (nSPS) is 26.3. The van der Waals surface area contributed by atoms with Crippen molar-refractivity contribution in [3.63, 3.8) is 0 Å². The van der Waals surface area contributed by atoms with Crippen molar-refractivity contribution in [1.29, 1.82) is 0 Å². The molecule has 1 rings (SSSR count). The van der Waals surface area contributed by atoms with Gasteiger partial charge in [0.1, 0.15) is 0 Å². The van der Waals surface area contributed by atoms with E-state index in [0.717, 1.165) is 25.7 Å². The van der Waals surface area contributed by atoms with Gasteiger partial charge < -0.3 is 15.5 Å². The van der Waals surface area contributed by atoms with Crippen LogP contribution in [-0.2, 0) is 9.59 Å². The molecule has 0 radical (unpaired) electrons. The van der Waals surface area contributed by atoms with Gasteiger partial charge in [-0.15, -0.1) is 0 Å². The Labute approximate surface area is 114 Å². The molecule has 0 aromatic carbocycles. The Morgan fingerprint density at radius 2 is 1.74 bits per heavy atom. The molecule has 19 heavy (non-hydrogen) atoms. The van der Waals surface area contributed by atoms with Gasteiger partial charge in [-0.05, 0) is 31.6 Å². The number of hydrogen-bond donors (Lipinski definition) is 3. The molecule has 3 atom stereocenters. The van der Waals surface area contributed by atoms with Gasteiger partial charge in [-0.3, -0.25) is 9.59 Å². The molecule has 1 amide bonds. The largest absolute Gasteiger partial charge is 0.481 e. The predicted octanol–water partition coefficient (Wildman–Crippen LogP) is 1.40. The second kappa shape index (κ2) is 8.15. The molecule has 0 aromatic heterocycles. The highest BCUT2D eigenvalue weighted by Gasteiger charge is 2.40. The number of unbranched alkanes of at least 4 members (excludes halogenated alkanes) is 3. The molecule has 1 fully saturated rings. The lowest BCUT2D eigenvalue weighted by molar-refractivity contribution is -0.146. The first-order valence-corrected chi connectivity index (χ1v) is 7.17. The summed E-state index contributed by atoms with van der Waals surface area (Å²) in [5.41, 5.74) is 0. The fourth-order valence-corrected chi connectivity index (χ4v) is 2.79. The summed E-state index contributed by atoms with van der Waals surface area (Å²) >= 11 is 0. The van der Waals surface area contributed by atoms with Crippen molar-refractivity contribution < 1.29 is 19.8 Å². The summed E-state index contributed by atoms with van der Waals surface area (Å²) in [5.74, 6) is -1.55. The molecule has 0 aromatic rings. The van der Waals surface area contributed by atoms with E-state index in [-0.39, 0.29) is 18.4 Å². The lowest BCUT2D eigenvalue weighted by atomic mass is 9.95. The average molecular weight is 271 g/mol. The molecule has 0 spiro atoms. The first-order valence-electron chi connectivity index (χ1n) is 7.17. The van der Waals surface area contributed by atoms with E-state index in [1.807, 2.05) is 6.92 Å². The third kappa shape index (κ3) is 5.19. The summed E-state index contributed by atoms with van der Waals surface area (Å²) in [6.07, 6.45) is 4.90. The SMILES string of the molecule is CC1C[C@H](C(=O)NCCCCCCO)[C@H](C(=O)O)C1. The number of carbonyl (C=O) groups is 2. The van der Waals surface area contributed by atoms with Crippen LogP contribution in [0, 0.1) is 17.8 Å². The Hall–Kier alpha value is -1.10. The molecule has 1 aliphatic carbocycles. The highest BCUT2D eigenvalue weighted by atomic mass is 16.4. The standard InChI is InChI=1S/C14H25NO4/c1-10-8-11(12(9-10)14(18)19)13(17)15-6-4-2-3-5-7-16/h10-12,16H,2-9H2,1H3,(H,15,17)(H,18,19)/t10?,11-,12+/m0/s1. The van der Waals surface area contributed by atoms with E-state index in [2.05, 4.69) is 5.32 Å². The van der Waals surface area contributed by atoms with E-state index in [9.17, 15) is 9.59 Å². The average Bonchev–Trinajstić information content (AvgIpc) is 2.76. The van der Waals surface area contributed by atoms with Crippen LogP contribution in [0.25, 0.3) is 0 Å². The van der Waals surface area contributed by atoms with E-state index in [1.54, 1.807) is 0 Å². The van der Waals surface area contributed by atoms with Gasteiger partial charge in [0.25, 0.3) is 0 Å². The highest BCUT2D eigenvalue weighted by molar-refractivity contribution is 5.85. The number of aliphatic carboxylic acids is 1. The molecule has 110 valence electrons. The van der Waals surface area contributed by atoms with Crippen LogP contribution in [0.5, 0.6) is 0 Å². The number of carbonyl (C=O) groups excluding carboxylic acids is 1. The molecular formula is C14H25NO4. The quantitative estimate of drug-likeness (QED) is 0.582. The minimum Gasteiger partial charge on any atom is -0.481 e. The molecule has 1 aliphatic rings. The van der Waals surface area contributed by atoms with Crippen molar-refractivity contribution in [3.05, 3.63) is 0 Å². The minimum absolute atomic E-state index is 0.112. The highest BCUT2D eigenvalue weighted by Crippen LogP contribution is 2.36. The van der Waals surface area contributed by atoms with Crippen LogP contribution >= 0.6 is 0 Å². The molecule has 5 nitrogen and oxygen atoms in total. The zero-order valence-corrected chi connectivity index (χ0v) is 11.6. The van der Waals surface area contributed by atoms with Crippen molar-refractivity contribution in [3.8, 4) is 0 Å². The summed E-state index contributed by atoms with van der Waals surface area (Å²) in [4.78, 5) is 23.1. The zero-order chi connectivity index (χ0) is 14.3.